The third-order valence-electron chi connectivity index (χ3n) is 4.02. The van der Waals surface area contributed by atoms with Crippen LogP contribution in [0.5, 0.6) is 0 Å². The minimum absolute atomic E-state index is 0.0747. The van der Waals surface area contributed by atoms with Gasteiger partial charge in [0.15, 0.2) is 10.6 Å². The van der Waals surface area contributed by atoms with Crippen molar-refractivity contribution < 1.29 is 14.2 Å². The van der Waals surface area contributed by atoms with Crippen molar-refractivity contribution in [3.63, 3.8) is 0 Å². The van der Waals surface area contributed by atoms with Gasteiger partial charge in [-0.05, 0) is 30.8 Å². The lowest BCUT2D eigenvalue weighted by atomic mass is 9.95. The molecular formula is C13H24O3S2. The zero-order chi connectivity index (χ0) is 13.0. The van der Waals surface area contributed by atoms with Crippen LogP contribution in [0.2, 0.25) is 0 Å². The summed E-state index contributed by atoms with van der Waals surface area (Å²) in [6.45, 7) is 0. The standard InChI is InChI=1S/C13H24O3S2/c1-14-12(15-2)10-6-4-7-11(10)13(16-3)17-8-5-9-18-13/h10-12H,4-9H2,1-3H3/t10-,11-/m0/s1. The molecule has 106 valence electrons. The summed E-state index contributed by atoms with van der Waals surface area (Å²) in [5.74, 6) is 3.39. The maximum atomic E-state index is 5.95. The van der Waals surface area contributed by atoms with Gasteiger partial charge in [0.2, 0.25) is 0 Å². The number of thioether (sulfide) groups is 2. The fourth-order valence-corrected chi connectivity index (χ4v) is 6.62. The quantitative estimate of drug-likeness (QED) is 0.726. The third-order valence-corrected chi connectivity index (χ3v) is 7.45. The Hall–Kier alpha value is 0.580. The molecule has 2 fully saturated rings. The first-order valence-corrected chi connectivity index (χ1v) is 8.63. The van der Waals surface area contributed by atoms with Gasteiger partial charge in [0.05, 0.1) is 0 Å². The lowest BCUT2D eigenvalue weighted by Gasteiger charge is -2.43. The SMILES string of the molecule is COC(OC)[C@H]1CCC[C@@H]1C1(OC)SCCCS1. The van der Waals surface area contributed by atoms with Gasteiger partial charge in [-0.2, -0.15) is 0 Å². The van der Waals surface area contributed by atoms with Crippen LogP contribution < -0.4 is 0 Å². The van der Waals surface area contributed by atoms with Crippen LogP contribution in [-0.2, 0) is 14.2 Å². The van der Waals surface area contributed by atoms with Crippen molar-refractivity contribution in [1.29, 1.82) is 0 Å². The minimum atomic E-state index is -0.0901. The average molecular weight is 292 g/mol. The van der Waals surface area contributed by atoms with Crippen LogP contribution in [0.4, 0.5) is 0 Å². The second-order valence-electron chi connectivity index (χ2n) is 4.90. The van der Waals surface area contributed by atoms with E-state index in [4.69, 9.17) is 14.2 Å². The predicted molar refractivity (Wildman–Crippen MR) is 77.9 cm³/mol. The molecule has 0 radical (unpaired) electrons. The summed E-state index contributed by atoms with van der Waals surface area (Å²) >= 11 is 3.96. The van der Waals surface area contributed by atoms with E-state index in [0.717, 1.165) is 0 Å². The molecule has 2 rings (SSSR count). The van der Waals surface area contributed by atoms with Gasteiger partial charge >= 0.3 is 0 Å². The second-order valence-corrected chi connectivity index (χ2v) is 7.76. The Balaban J connectivity index is 2.13. The van der Waals surface area contributed by atoms with Crippen molar-refractivity contribution in [3.05, 3.63) is 0 Å². The number of methoxy groups -OCH3 is 3. The Morgan fingerprint density at radius 1 is 1.00 bits per heavy atom. The number of rotatable bonds is 5. The molecule has 0 aromatic rings. The fourth-order valence-electron chi connectivity index (χ4n) is 3.21. The second kappa shape index (κ2) is 6.84. The Morgan fingerprint density at radius 3 is 2.22 bits per heavy atom. The molecular weight excluding hydrogens is 268 g/mol. The highest BCUT2D eigenvalue weighted by atomic mass is 32.2. The molecule has 0 amide bonds. The van der Waals surface area contributed by atoms with E-state index in [9.17, 15) is 0 Å². The molecule has 1 heterocycles. The molecule has 18 heavy (non-hydrogen) atoms. The molecule has 0 N–H and O–H groups in total. The first kappa shape index (κ1) is 15.0. The van der Waals surface area contributed by atoms with Gasteiger partial charge in [-0.3, -0.25) is 0 Å². The Kier molecular flexibility index (Phi) is 5.69. The van der Waals surface area contributed by atoms with Crippen LogP contribution in [-0.4, -0.2) is 43.4 Å². The van der Waals surface area contributed by atoms with E-state index in [0.29, 0.717) is 11.8 Å². The largest absolute Gasteiger partial charge is 0.358 e. The van der Waals surface area contributed by atoms with Crippen LogP contribution in [0.1, 0.15) is 25.7 Å². The first-order chi connectivity index (χ1) is 8.77. The highest BCUT2D eigenvalue weighted by Crippen LogP contribution is 2.55. The molecule has 2 atom stereocenters. The number of ether oxygens (including phenoxy) is 3. The minimum Gasteiger partial charge on any atom is -0.358 e. The summed E-state index contributed by atoms with van der Waals surface area (Å²) in [5, 5.41) is 0. The Bertz CT molecular complexity index is 253. The van der Waals surface area contributed by atoms with Crippen molar-refractivity contribution in [1.82, 2.24) is 0 Å². The highest BCUT2D eigenvalue weighted by Gasteiger charge is 2.50. The molecule has 0 spiro atoms. The third kappa shape index (κ3) is 2.85. The highest BCUT2D eigenvalue weighted by molar-refractivity contribution is 8.18. The molecule has 1 aliphatic heterocycles. The summed E-state index contributed by atoms with van der Waals surface area (Å²) < 4.78 is 16.9. The Labute approximate surface area is 119 Å². The normalized spacial score (nSPS) is 32.0. The summed E-state index contributed by atoms with van der Waals surface area (Å²) in [4.78, 5) is 0. The molecule has 1 saturated heterocycles. The first-order valence-electron chi connectivity index (χ1n) is 6.66. The van der Waals surface area contributed by atoms with Crippen LogP contribution in [0.3, 0.4) is 0 Å². The molecule has 3 nitrogen and oxygen atoms in total. The van der Waals surface area contributed by atoms with E-state index in [1.165, 1.54) is 37.2 Å². The maximum absolute atomic E-state index is 5.95. The molecule has 0 aromatic heterocycles. The van der Waals surface area contributed by atoms with Gasteiger partial charge in [-0.1, -0.05) is 6.42 Å². The van der Waals surface area contributed by atoms with E-state index < -0.39 is 0 Å². The summed E-state index contributed by atoms with van der Waals surface area (Å²) in [6, 6.07) is 0. The van der Waals surface area contributed by atoms with E-state index in [2.05, 4.69) is 0 Å². The smallest absolute Gasteiger partial charge is 0.163 e. The van der Waals surface area contributed by atoms with Crippen LogP contribution in [0, 0.1) is 11.8 Å². The molecule has 2 aliphatic rings. The number of hydrogen-bond donors (Lipinski definition) is 0. The molecule has 0 aromatic carbocycles. The zero-order valence-electron chi connectivity index (χ0n) is 11.5. The van der Waals surface area contributed by atoms with Crippen molar-refractivity contribution in [2.45, 2.75) is 36.2 Å². The monoisotopic (exact) mass is 292 g/mol. The van der Waals surface area contributed by atoms with Crippen molar-refractivity contribution in [2.24, 2.45) is 11.8 Å². The van der Waals surface area contributed by atoms with Gasteiger partial charge < -0.3 is 14.2 Å². The van der Waals surface area contributed by atoms with Gasteiger partial charge in [0, 0.05) is 33.2 Å². The summed E-state index contributed by atoms with van der Waals surface area (Å²) in [5.41, 5.74) is 0. The van der Waals surface area contributed by atoms with E-state index in [1.54, 1.807) is 14.2 Å². The predicted octanol–water partition coefficient (Wildman–Crippen LogP) is 3.19. The summed E-state index contributed by atoms with van der Waals surface area (Å²) in [6.07, 6.45) is 4.86. The van der Waals surface area contributed by atoms with E-state index in [1.807, 2.05) is 30.6 Å². The Morgan fingerprint density at radius 2 is 1.67 bits per heavy atom. The molecule has 0 bridgehead atoms. The van der Waals surface area contributed by atoms with Gasteiger partial charge in [-0.25, -0.2) is 0 Å². The molecule has 1 saturated carbocycles. The summed E-state index contributed by atoms with van der Waals surface area (Å²) in [7, 11) is 5.34. The van der Waals surface area contributed by atoms with Crippen molar-refractivity contribution in [2.75, 3.05) is 32.8 Å². The van der Waals surface area contributed by atoms with Crippen LogP contribution in [0.15, 0.2) is 0 Å². The van der Waals surface area contributed by atoms with E-state index >= 15 is 0 Å². The fraction of sp³-hybridized carbons (Fsp3) is 1.00. The topological polar surface area (TPSA) is 27.7 Å². The van der Waals surface area contributed by atoms with Crippen molar-refractivity contribution >= 4 is 23.5 Å². The lowest BCUT2D eigenvalue weighted by Crippen LogP contribution is -2.42. The number of hydrogen-bond acceptors (Lipinski definition) is 5. The van der Waals surface area contributed by atoms with Crippen molar-refractivity contribution in [3.8, 4) is 0 Å². The molecule has 5 heteroatoms. The van der Waals surface area contributed by atoms with Gasteiger partial charge in [0.25, 0.3) is 0 Å². The average Bonchev–Trinajstić information content (AvgIpc) is 2.91. The van der Waals surface area contributed by atoms with E-state index in [-0.39, 0.29) is 10.6 Å². The van der Waals surface area contributed by atoms with Gasteiger partial charge in [0.1, 0.15) is 0 Å². The molecule has 1 aliphatic carbocycles. The van der Waals surface area contributed by atoms with Crippen LogP contribution >= 0.6 is 23.5 Å². The molecule has 0 unspecified atom stereocenters. The maximum Gasteiger partial charge on any atom is 0.163 e. The van der Waals surface area contributed by atoms with Crippen LogP contribution in [0.25, 0.3) is 0 Å². The lowest BCUT2D eigenvalue weighted by molar-refractivity contribution is -0.152. The van der Waals surface area contributed by atoms with Gasteiger partial charge in [-0.15, -0.1) is 23.5 Å². The zero-order valence-corrected chi connectivity index (χ0v) is 13.1.